The lowest BCUT2D eigenvalue weighted by Crippen LogP contribution is -1.96. The van der Waals surface area contributed by atoms with Crippen molar-refractivity contribution in [2.75, 3.05) is 0 Å². The summed E-state index contributed by atoms with van der Waals surface area (Å²) in [6.45, 7) is 6.59. The molecule has 0 amide bonds. The molecule has 0 aromatic carbocycles. The van der Waals surface area contributed by atoms with Gasteiger partial charge in [0, 0.05) is 12.4 Å². The molecule has 1 aromatic heterocycles. The molecule has 0 unspecified atom stereocenters. The van der Waals surface area contributed by atoms with E-state index in [1.165, 1.54) is 11.1 Å². The van der Waals surface area contributed by atoms with E-state index in [0.717, 1.165) is 12.3 Å². The van der Waals surface area contributed by atoms with E-state index < -0.39 is 0 Å². The summed E-state index contributed by atoms with van der Waals surface area (Å²) >= 11 is 0. The smallest absolute Gasteiger partial charge is 0.0299 e. The van der Waals surface area contributed by atoms with Gasteiger partial charge in [0.1, 0.15) is 0 Å². The Balaban J connectivity index is 2.78. The van der Waals surface area contributed by atoms with Gasteiger partial charge in [-0.3, -0.25) is 4.98 Å². The predicted octanol–water partition coefficient (Wildman–Crippen LogP) is 2.59. The fourth-order valence-corrected chi connectivity index (χ4v) is 1.17. The number of aromatic nitrogens is 1. The van der Waals surface area contributed by atoms with Gasteiger partial charge in [-0.05, 0) is 36.5 Å². The first-order valence-electron chi connectivity index (χ1n) is 4.09. The van der Waals surface area contributed by atoms with Gasteiger partial charge in [-0.15, -0.1) is 0 Å². The van der Waals surface area contributed by atoms with E-state index in [0.29, 0.717) is 0 Å². The van der Waals surface area contributed by atoms with E-state index in [1.54, 1.807) is 0 Å². The normalized spacial score (nSPS) is 10.5. The fraction of sp³-hybridized carbons (Fsp3) is 0.500. The average Bonchev–Trinajstić information content (AvgIpc) is 1.93. The van der Waals surface area contributed by atoms with Gasteiger partial charge in [0.2, 0.25) is 0 Å². The van der Waals surface area contributed by atoms with Crippen molar-refractivity contribution in [2.24, 2.45) is 5.92 Å². The van der Waals surface area contributed by atoms with Crippen molar-refractivity contribution in [3.63, 3.8) is 0 Å². The lowest BCUT2D eigenvalue weighted by atomic mass is 10.0. The van der Waals surface area contributed by atoms with E-state index in [-0.39, 0.29) is 0 Å². The maximum atomic E-state index is 4.05. The Kier molecular flexibility index (Phi) is 2.64. The van der Waals surface area contributed by atoms with Crippen LogP contribution in [0.3, 0.4) is 0 Å². The van der Waals surface area contributed by atoms with Crippen LogP contribution in [0.2, 0.25) is 0 Å². The molecule has 0 atom stereocenters. The standard InChI is InChI=1S/C10H15N/c1-8(2)6-10-4-5-11-7-9(10)3/h4-5,7-8H,6H2,1-3H3. The fourth-order valence-electron chi connectivity index (χ4n) is 1.17. The van der Waals surface area contributed by atoms with Crippen LogP contribution >= 0.6 is 0 Å². The molecule has 0 bridgehead atoms. The first-order valence-corrected chi connectivity index (χ1v) is 4.09. The molecular formula is C10H15N. The second-order valence-electron chi connectivity index (χ2n) is 3.40. The first-order chi connectivity index (χ1) is 5.20. The van der Waals surface area contributed by atoms with Crippen LogP contribution in [-0.2, 0) is 6.42 Å². The highest BCUT2D eigenvalue weighted by molar-refractivity contribution is 5.21. The zero-order valence-electron chi connectivity index (χ0n) is 7.46. The molecule has 11 heavy (non-hydrogen) atoms. The van der Waals surface area contributed by atoms with E-state index in [2.05, 4.69) is 31.8 Å². The van der Waals surface area contributed by atoms with Crippen LogP contribution < -0.4 is 0 Å². The van der Waals surface area contributed by atoms with Gasteiger partial charge in [0.25, 0.3) is 0 Å². The summed E-state index contributed by atoms with van der Waals surface area (Å²) in [6, 6.07) is 2.11. The van der Waals surface area contributed by atoms with E-state index in [1.807, 2.05) is 12.4 Å². The Morgan fingerprint density at radius 1 is 1.45 bits per heavy atom. The third-order valence-corrected chi connectivity index (χ3v) is 1.76. The molecule has 1 nitrogen and oxygen atoms in total. The summed E-state index contributed by atoms with van der Waals surface area (Å²) in [4.78, 5) is 4.05. The number of rotatable bonds is 2. The molecule has 1 aromatic rings. The maximum Gasteiger partial charge on any atom is 0.0299 e. The maximum absolute atomic E-state index is 4.05. The van der Waals surface area contributed by atoms with Crippen LogP contribution in [0.25, 0.3) is 0 Å². The van der Waals surface area contributed by atoms with Crippen molar-refractivity contribution in [1.29, 1.82) is 0 Å². The second-order valence-corrected chi connectivity index (χ2v) is 3.40. The Morgan fingerprint density at radius 3 is 2.73 bits per heavy atom. The quantitative estimate of drug-likeness (QED) is 0.629. The number of hydrogen-bond donors (Lipinski definition) is 0. The number of nitrogens with zero attached hydrogens (tertiary/aromatic N) is 1. The molecule has 0 saturated carbocycles. The highest BCUT2D eigenvalue weighted by Gasteiger charge is 1.99. The number of pyridine rings is 1. The summed E-state index contributed by atoms with van der Waals surface area (Å²) in [5.74, 6) is 0.732. The third-order valence-electron chi connectivity index (χ3n) is 1.76. The summed E-state index contributed by atoms with van der Waals surface area (Å²) < 4.78 is 0. The summed E-state index contributed by atoms with van der Waals surface area (Å²) in [7, 11) is 0. The molecule has 0 spiro atoms. The second kappa shape index (κ2) is 3.51. The molecule has 1 rings (SSSR count). The average molecular weight is 149 g/mol. The third kappa shape index (κ3) is 2.34. The van der Waals surface area contributed by atoms with E-state index in [9.17, 15) is 0 Å². The van der Waals surface area contributed by atoms with Crippen LogP contribution in [0.4, 0.5) is 0 Å². The Labute approximate surface area is 68.5 Å². The summed E-state index contributed by atoms with van der Waals surface area (Å²) in [5, 5.41) is 0. The lowest BCUT2D eigenvalue weighted by molar-refractivity contribution is 0.644. The predicted molar refractivity (Wildman–Crippen MR) is 47.5 cm³/mol. The molecule has 0 radical (unpaired) electrons. The Hall–Kier alpha value is -0.850. The highest BCUT2D eigenvalue weighted by atomic mass is 14.6. The summed E-state index contributed by atoms with van der Waals surface area (Å²) in [6.07, 6.45) is 4.96. The molecule has 0 saturated heterocycles. The van der Waals surface area contributed by atoms with Gasteiger partial charge in [-0.2, -0.15) is 0 Å². The minimum Gasteiger partial charge on any atom is -0.264 e. The van der Waals surface area contributed by atoms with Crippen molar-refractivity contribution in [2.45, 2.75) is 27.2 Å². The van der Waals surface area contributed by atoms with Crippen molar-refractivity contribution >= 4 is 0 Å². The van der Waals surface area contributed by atoms with Gasteiger partial charge in [-0.1, -0.05) is 13.8 Å². The minimum absolute atomic E-state index is 0.732. The van der Waals surface area contributed by atoms with Gasteiger partial charge < -0.3 is 0 Å². The molecule has 1 heteroatoms. The van der Waals surface area contributed by atoms with Crippen LogP contribution in [0.5, 0.6) is 0 Å². The number of hydrogen-bond acceptors (Lipinski definition) is 1. The van der Waals surface area contributed by atoms with Crippen molar-refractivity contribution < 1.29 is 0 Å². The Morgan fingerprint density at radius 2 is 2.18 bits per heavy atom. The molecule has 1 heterocycles. The van der Waals surface area contributed by atoms with Crippen molar-refractivity contribution in [1.82, 2.24) is 4.98 Å². The van der Waals surface area contributed by atoms with Crippen LogP contribution in [0.1, 0.15) is 25.0 Å². The molecule has 0 N–H and O–H groups in total. The largest absolute Gasteiger partial charge is 0.264 e. The van der Waals surface area contributed by atoms with Gasteiger partial charge in [0.05, 0.1) is 0 Å². The minimum atomic E-state index is 0.732. The zero-order valence-corrected chi connectivity index (χ0v) is 7.46. The molecule has 0 aliphatic rings. The van der Waals surface area contributed by atoms with E-state index >= 15 is 0 Å². The SMILES string of the molecule is Cc1cnccc1CC(C)C. The van der Waals surface area contributed by atoms with Gasteiger partial charge >= 0.3 is 0 Å². The molecule has 0 aliphatic heterocycles. The molecule has 0 fully saturated rings. The monoisotopic (exact) mass is 149 g/mol. The molecule has 0 aliphatic carbocycles. The molecular weight excluding hydrogens is 134 g/mol. The lowest BCUT2D eigenvalue weighted by Gasteiger charge is -2.06. The van der Waals surface area contributed by atoms with Crippen LogP contribution in [0, 0.1) is 12.8 Å². The zero-order chi connectivity index (χ0) is 8.27. The van der Waals surface area contributed by atoms with E-state index in [4.69, 9.17) is 0 Å². The Bertz CT molecular complexity index is 228. The highest BCUT2D eigenvalue weighted by Crippen LogP contribution is 2.10. The first kappa shape index (κ1) is 8.25. The van der Waals surface area contributed by atoms with Gasteiger partial charge in [0.15, 0.2) is 0 Å². The van der Waals surface area contributed by atoms with Crippen LogP contribution in [-0.4, -0.2) is 4.98 Å². The topological polar surface area (TPSA) is 12.9 Å². The molecule has 60 valence electrons. The van der Waals surface area contributed by atoms with Crippen LogP contribution in [0.15, 0.2) is 18.5 Å². The van der Waals surface area contributed by atoms with Crippen molar-refractivity contribution in [3.05, 3.63) is 29.6 Å². The number of aryl methyl sites for hydroxylation is 1. The van der Waals surface area contributed by atoms with Crippen molar-refractivity contribution in [3.8, 4) is 0 Å². The van der Waals surface area contributed by atoms with Gasteiger partial charge in [-0.25, -0.2) is 0 Å². The summed E-state index contributed by atoms with van der Waals surface area (Å²) in [5.41, 5.74) is 2.73.